The van der Waals surface area contributed by atoms with E-state index in [0.29, 0.717) is 19.0 Å². The van der Waals surface area contributed by atoms with Crippen molar-refractivity contribution in [3.63, 3.8) is 0 Å². The number of nitrogens with one attached hydrogen (secondary N) is 1. The lowest BCUT2D eigenvalue weighted by atomic mass is 9.92. The van der Waals surface area contributed by atoms with Crippen molar-refractivity contribution in [3.8, 4) is 0 Å². The van der Waals surface area contributed by atoms with Crippen molar-refractivity contribution in [3.05, 3.63) is 23.8 Å². The Hall–Kier alpha value is -1.66. The van der Waals surface area contributed by atoms with Crippen LogP contribution in [0.3, 0.4) is 0 Å². The third-order valence-corrected chi connectivity index (χ3v) is 3.63. The Balaban J connectivity index is 0.00000133. The van der Waals surface area contributed by atoms with Gasteiger partial charge in [-0.2, -0.15) is 0 Å². The molecule has 1 fully saturated rings. The fourth-order valence-corrected chi connectivity index (χ4v) is 2.61. The second-order valence-electron chi connectivity index (χ2n) is 4.65. The number of hydrogen-bond donors (Lipinski definition) is 2. The van der Waals surface area contributed by atoms with E-state index in [0.717, 1.165) is 29.1 Å². The third kappa shape index (κ3) is 2.54. The quantitative estimate of drug-likeness (QED) is 0.541. The molecule has 0 radical (unpaired) electrons. The lowest BCUT2D eigenvalue weighted by Gasteiger charge is -2.29. The van der Waals surface area contributed by atoms with Crippen LogP contribution in [-0.4, -0.2) is 41.7 Å². The minimum absolute atomic E-state index is 0. The Morgan fingerprint density at radius 1 is 1.42 bits per heavy atom. The summed E-state index contributed by atoms with van der Waals surface area (Å²) in [6, 6.07) is 0. The van der Waals surface area contributed by atoms with Gasteiger partial charge in [-0.05, 0) is 12.8 Å². The molecule has 0 aromatic carbocycles. The van der Waals surface area contributed by atoms with Gasteiger partial charge in [0.15, 0.2) is 12.0 Å². The molecule has 0 bridgehead atoms. The zero-order valence-electron chi connectivity index (χ0n) is 10.3. The lowest BCUT2D eigenvalue weighted by Crippen LogP contribution is -3.04. The van der Waals surface area contributed by atoms with Crippen LogP contribution in [0.1, 0.15) is 12.8 Å². The Labute approximate surface area is 117 Å². The zero-order chi connectivity index (χ0) is 12.5. The molecule has 1 saturated heterocycles. The number of hydrogen-bond acceptors (Lipinski definition) is 3. The highest BCUT2D eigenvalue weighted by Gasteiger charge is 2.32. The smallest absolute Gasteiger partial charge is 0.407 e. The van der Waals surface area contributed by atoms with Crippen molar-refractivity contribution < 1.29 is 27.2 Å². The number of likely N-dealkylation sites (tertiary alicyclic amines) is 1. The number of fused-ring (bicyclic) bond motifs is 1. The molecule has 19 heavy (non-hydrogen) atoms. The highest BCUT2D eigenvalue weighted by molar-refractivity contribution is 5.81. The highest BCUT2D eigenvalue weighted by Crippen LogP contribution is 2.27. The molecule has 0 spiro atoms. The number of allylic oxidation sites excluding steroid dienone is 2. The number of amides is 1. The number of carboxylic acid groups (broad SMARTS) is 1. The summed E-state index contributed by atoms with van der Waals surface area (Å²) in [5.74, 6) is 0.349. The van der Waals surface area contributed by atoms with E-state index < -0.39 is 6.09 Å². The molecular formula is C12H15ClN4O2. The number of piperidine rings is 1. The normalized spacial score (nSPS) is 25.5. The summed E-state index contributed by atoms with van der Waals surface area (Å²) in [5.41, 5.74) is 2.18. The van der Waals surface area contributed by atoms with Crippen LogP contribution in [0.15, 0.2) is 33.8 Å². The topological polar surface area (TPSA) is 69.7 Å². The third-order valence-electron chi connectivity index (χ3n) is 3.63. The molecule has 3 heterocycles. The average molecular weight is 283 g/mol. The van der Waals surface area contributed by atoms with Gasteiger partial charge < -0.3 is 22.4 Å². The molecule has 3 aliphatic rings. The van der Waals surface area contributed by atoms with Crippen LogP contribution in [0.5, 0.6) is 0 Å². The van der Waals surface area contributed by atoms with Crippen LogP contribution in [-0.2, 0) is 0 Å². The first-order valence-corrected chi connectivity index (χ1v) is 6.09. The molecule has 1 amide bonds. The van der Waals surface area contributed by atoms with E-state index in [9.17, 15) is 4.79 Å². The van der Waals surface area contributed by atoms with Crippen molar-refractivity contribution >= 4 is 18.6 Å². The highest BCUT2D eigenvalue weighted by atomic mass is 35.5. The average Bonchev–Trinajstić information content (AvgIpc) is 2.82. The molecule has 0 saturated carbocycles. The van der Waals surface area contributed by atoms with E-state index >= 15 is 0 Å². The van der Waals surface area contributed by atoms with Crippen LogP contribution in [0.25, 0.3) is 0 Å². The second-order valence-corrected chi connectivity index (χ2v) is 4.65. The molecule has 6 nitrogen and oxygen atoms in total. The Morgan fingerprint density at radius 3 is 2.84 bits per heavy atom. The van der Waals surface area contributed by atoms with Gasteiger partial charge in [-0.3, -0.25) is 4.99 Å². The van der Waals surface area contributed by atoms with Gasteiger partial charge in [-0.25, -0.2) is 14.7 Å². The second kappa shape index (κ2) is 5.54. The van der Waals surface area contributed by atoms with Gasteiger partial charge in [0, 0.05) is 19.0 Å². The Bertz CT molecular complexity index is 490. The van der Waals surface area contributed by atoms with Crippen LogP contribution in [0.4, 0.5) is 4.79 Å². The van der Waals surface area contributed by atoms with E-state index in [1.165, 1.54) is 4.90 Å². The molecule has 0 aromatic rings. The van der Waals surface area contributed by atoms with E-state index in [1.807, 2.05) is 18.8 Å². The summed E-state index contributed by atoms with van der Waals surface area (Å²) in [5, 5.41) is 8.93. The van der Waals surface area contributed by atoms with Gasteiger partial charge in [0.2, 0.25) is 0 Å². The fraction of sp³-hybridized carbons (Fsp3) is 0.417. The minimum atomic E-state index is -0.824. The molecule has 1 unspecified atom stereocenters. The number of nitrogens with zero attached hydrogens (tertiary/aromatic N) is 3. The first-order chi connectivity index (χ1) is 8.75. The molecule has 102 valence electrons. The monoisotopic (exact) mass is 282 g/mol. The van der Waals surface area contributed by atoms with Gasteiger partial charge in [0.1, 0.15) is 11.9 Å². The summed E-state index contributed by atoms with van der Waals surface area (Å²) in [6.45, 7) is 1.18. The number of halogens is 1. The molecule has 0 aliphatic carbocycles. The molecule has 2 N–H and O–H groups in total. The number of rotatable bonds is 1. The largest absolute Gasteiger partial charge is 1.00 e. The fourth-order valence-electron chi connectivity index (χ4n) is 2.61. The van der Waals surface area contributed by atoms with Gasteiger partial charge in [-0.1, -0.05) is 0 Å². The minimum Gasteiger partial charge on any atom is -1.00 e. The van der Waals surface area contributed by atoms with Crippen molar-refractivity contribution in [1.82, 2.24) is 4.90 Å². The summed E-state index contributed by atoms with van der Waals surface area (Å²) in [6.07, 6.45) is 8.30. The van der Waals surface area contributed by atoms with E-state index in [2.05, 4.69) is 9.98 Å². The van der Waals surface area contributed by atoms with Gasteiger partial charge >= 0.3 is 6.09 Å². The number of aliphatic imine (C=N–C) groups is 2. The molecule has 0 aromatic heterocycles. The first kappa shape index (κ1) is 13.8. The molecule has 7 heteroatoms. The van der Waals surface area contributed by atoms with Gasteiger partial charge in [0.25, 0.3) is 0 Å². The summed E-state index contributed by atoms with van der Waals surface area (Å²) in [4.78, 5) is 22.1. The SMILES string of the molecule is O=C(O)N1CCC(C2=C3C=NC=C[NH+]3C=N2)CC1.[Cl-]. The Kier molecular flexibility index (Phi) is 4.01. The molecule has 3 aliphatic heterocycles. The van der Waals surface area contributed by atoms with Gasteiger partial charge in [-0.15, -0.1) is 0 Å². The standard InChI is InChI=1S/C12H14N4O2.ClH/c17-12(18)15-4-1-9(2-5-15)11-10-7-13-3-6-16(10)8-14-11;/h3,6-9H,1-2,4-5H2,(H,17,18);1H. The van der Waals surface area contributed by atoms with E-state index in [1.54, 1.807) is 6.20 Å². The zero-order valence-corrected chi connectivity index (χ0v) is 11.0. The predicted molar refractivity (Wildman–Crippen MR) is 66.4 cm³/mol. The Morgan fingerprint density at radius 2 is 2.16 bits per heavy atom. The van der Waals surface area contributed by atoms with Crippen LogP contribution in [0.2, 0.25) is 0 Å². The summed E-state index contributed by atoms with van der Waals surface area (Å²) in [7, 11) is 0. The summed E-state index contributed by atoms with van der Waals surface area (Å²) >= 11 is 0. The molecule has 1 atom stereocenters. The van der Waals surface area contributed by atoms with Crippen molar-refractivity contribution in [1.29, 1.82) is 0 Å². The van der Waals surface area contributed by atoms with E-state index in [-0.39, 0.29) is 12.4 Å². The maximum atomic E-state index is 10.9. The van der Waals surface area contributed by atoms with Crippen LogP contribution >= 0.6 is 0 Å². The molecule has 3 rings (SSSR count). The van der Waals surface area contributed by atoms with E-state index in [4.69, 9.17) is 5.11 Å². The van der Waals surface area contributed by atoms with Gasteiger partial charge in [0.05, 0.1) is 12.4 Å². The number of carbonyl (C=O) groups is 1. The number of quaternary nitrogens is 1. The van der Waals surface area contributed by atoms with Crippen molar-refractivity contribution in [2.24, 2.45) is 15.9 Å². The molecular weight excluding hydrogens is 268 g/mol. The van der Waals surface area contributed by atoms with Crippen LogP contribution < -0.4 is 17.3 Å². The van der Waals surface area contributed by atoms with Crippen LogP contribution in [0, 0.1) is 5.92 Å². The maximum absolute atomic E-state index is 10.9. The maximum Gasteiger partial charge on any atom is 0.407 e. The van der Waals surface area contributed by atoms with Crippen molar-refractivity contribution in [2.45, 2.75) is 12.8 Å². The summed E-state index contributed by atoms with van der Waals surface area (Å²) < 4.78 is 0. The first-order valence-electron chi connectivity index (χ1n) is 6.09. The lowest BCUT2D eigenvalue weighted by molar-refractivity contribution is -0.682. The predicted octanol–water partition coefficient (Wildman–Crippen LogP) is -2.93. The van der Waals surface area contributed by atoms with Crippen molar-refractivity contribution in [2.75, 3.05) is 13.1 Å².